The van der Waals surface area contributed by atoms with Crippen molar-refractivity contribution in [3.63, 3.8) is 0 Å². The van der Waals surface area contributed by atoms with E-state index in [1.165, 1.54) is 0 Å². The van der Waals surface area contributed by atoms with E-state index < -0.39 is 17.7 Å². The van der Waals surface area contributed by atoms with Gasteiger partial charge in [-0.3, -0.25) is 9.59 Å². The molecule has 0 aromatic heterocycles. The molecule has 1 unspecified atom stereocenters. The van der Waals surface area contributed by atoms with Crippen LogP contribution in [-0.4, -0.2) is 34.8 Å². The molecule has 1 amide bonds. The highest BCUT2D eigenvalue weighted by Crippen LogP contribution is 2.44. The van der Waals surface area contributed by atoms with E-state index in [-0.39, 0.29) is 17.4 Å². The second-order valence-corrected chi connectivity index (χ2v) is 8.22. The van der Waals surface area contributed by atoms with Gasteiger partial charge in [-0.25, -0.2) is 0 Å². The monoisotopic (exact) mass is 405 g/mol. The number of aliphatic hydroxyl groups is 1. The van der Waals surface area contributed by atoms with Gasteiger partial charge in [0.05, 0.1) is 18.7 Å². The summed E-state index contributed by atoms with van der Waals surface area (Å²) in [6.45, 7) is 3.96. The van der Waals surface area contributed by atoms with Crippen molar-refractivity contribution in [2.75, 3.05) is 7.11 Å². The molecular weight excluding hydrogens is 378 g/mol. The van der Waals surface area contributed by atoms with Crippen molar-refractivity contribution < 1.29 is 19.4 Å². The van der Waals surface area contributed by atoms with Crippen molar-refractivity contribution in [3.8, 4) is 5.75 Å². The van der Waals surface area contributed by atoms with Crippen LogP contribution in [0.3, 0.4) is 0 Å². The fraction of sp³-hybridized carbons (Fsp3) is 0.360. The number of rotatable bonds is 4. The smallest absolute Gasteiger partial charge is 0.295 e. The first-order valence-corrected chi connectivity index (χ1v) is 10.4. The van der Waals surface area contributed by atoms with Crippen molar-refractivity contribution in [1.29, 1.82) is 0 Å². The fourth-order valence-corrected chi connectivity index (χ4v) is 4.59. The Labute approximate surface area is 177 Å². The third kappa shape index (κ3) is 3.38. The lowest BCUT2D eigenvalue weighted by Gasteiger charge is -2.31. The van der Waals surface area contributed by atoms with Gasteiger partial charge in [-0.1, -0.05) is 37.1 Å². The molecule has 4 rings (SSSR count). The minimum Gasteiger partial charge on any atom is -0.507 e. The molecule has 156 valence electrons. The average Bonchev–Trinajstić information content (AvgIpc) is 3.36. The van der Waals surface area contributed by atoms with Crippen molar-refractivity contribution in [2.24, 2.45) is 0 Å². The largest absolute Gasteiger partial charge is 0.507 e. The number of amides is 1. The molecule has 1 atom stereocenters. The number of hydrogen-bond acceptors (Lipinski definition) is 4. The number of likely N-dealkylation sites (tertiary alicyclic amines) is 1. The summed E-state index contributed by atoms with van der Waals surface area (Å²) in [6, 6.07) is 12.3. The number of carbonyl (C=O) groups is 2. The van der Waals surface area contributed by atoms with Gasteiger partial charge in [0.1, 0.15) is 11.5 Å². The van der Waals surface area contributed by atoms with E-state index in [1.54, 1.807) is 18.1 Å². The summed E-state index contributed by atoms with van der Waals surface area (Å²) in [7, 11) is 1.59. The molecule has 30 heavy (non-hydrogen) atoms. The first-order chi connectivity index (χ1) is 14.4. The molecule has 0 radical (unpaired) electrons. The van der Waals surface area contributed by atoms with Crippen LogP contribution >= 0.6 is 0 Å². The lowest BCUT2D eigenvalue weighted by molar-refractivity contribution is -0.141. The first-order valence-electron chi connectivity index (χ1n) is 10.4. The summed E-state index contributed by atoms with van der Waals surface area (Å²) in [5.41, 5.74) is 3.59. The molecule has 1 aliphatic carbocycles. The number of Topliss-reactive ketones (excluding diaryl/α,β-unsaturated/α-hetero) is 1. The van der Waals surface area contributed by atoms with Gasteiger partial charge < -0.3 is 14.7 Å². The van der Waals surface area contributed by atoms with Crippen LogP contribution in [0.1, 0.15) is 54.0 Å². The van der Waals surface area contributed by atoms with Gasteiger partial charge in [0.15, 0.2) is 0 Å². The molecule has 1 saturated carbocycles. The van der Waals surface area contributed by atoms with Crippen molar-refractivity contribution in [2.45, 2.75) is 51.6 Å². The SMILES string of the molecule is COc1cccc(C2/C(=C(/O)c3ccc(C)c(C)c3)C(=O)C(=O)N2C2CCCC2)c1. The molecule has 1 saturated heterocycles. The molecule has 0 spiro atoms. The maximum absolute atomic E-state index is 13.1. The van der Waals surface area contributed by atoms with E-state index in [2.05, 4.69) is 0 Å². The quantitative estimate of drug-likeness (QED) is 0.456. The summed E-state index contributed by atoms with van der Waals surface area (Å²) < 4.78 is 5.37. The molecule has 1 N–H and O–H groups in total. The van der Waals surface area contributed by atoms with E-state index in [0.717, 1.165) is 42.4 Å². The van der Waals surface area contributed by atoms with E-state index in [1.807, 2.05) is 50.2 Å². The summed E-state index contributed by atoms with van der Waals surface area (Å²) in [4.78, 5) is 27.9. The zero-order valence-electron chi connectivity index (χ0n) is 17.6. The molecule has 2 fully saturated rings. The Morgan fingerprint density at radius 2 is 1.77 bits per heavy atom. The lowest BCUT2D eigenvalue weighted by Crippen LogP contribution is -2.37. The van der Waals surface area contributed by atoms with Crippen molar-refractivity contribution in [1.82, 2.24) is 4.90 Å². The minimum atomic E-state index is -0.621. The van der Waals surface area contributed by atoms with E-state index in [0.29, 0.717) is 11.3 Å². The molecular formula is C25H27NO4. The van der Waals surface area contributed by atoms with Gasteiger partial charge in [-0.2, -0.15) is 0 Å². The van der Waals surface area contributed by atoms with Crippen LogP contribution in [0.4, 0.5) is 0 Å². The summed E-state index contributed by atoms with van der Waals surface area (Å²) in [5.74, 6) is -0.619. The molecule has 1 aliphatic heterocycles. The standard InChI is InChI=1S/C25H27NO4/c1-15-11-12-18(13-16(15)2)23(27)21-22(17-7-6-10-20(14-17)30-3)26(25(29)24(21)28)19-8-4-5-9-19/h6-7,10-14,19,22,27H,4-5,8-9H2,1-3H3/b23-21-. The number of aryl methyl sites for hydroxylation is 2. The summed E-state index contributed by atoms with van der Waals surface area (Å²) >= 11 is 0. The second-order valence-electron chi connectivity index (χ2n) is 8.22. The maximum Gasteiger partial charge on any atom is 0.295 e. The topological polar surface area (TPSA) is 66.8 Å². The zero-order chi connectivity index (χ0) is 21.4. The van der Waals surface area contributed by atoms with Gasteiger partial charge in [0, 0.05) is 11.6 Å². The van der Waals surface area contributed by atoms with Crippen LogP contribution < -0.4 is 4.74 Å². The zero-order valence-corrected chi connectivity index (χ0v) is 17.6. The Hall–Kier alpha value is -3.08. The predicted octanol–water partition coefficient (Wildman–Crippen LogP) is 4.68. The highest BCUT2D eigenvalue weighted by Gasteiger charge is 2.49. The number of ether oxygens (including phenoxy) is 1. The van der Waals surface area contributed by atoms with Gasteiger partial charge >= 0.3 is 0 Å². The van der Waals surface area contributed by atoms with Gasteiger partial charge in [-0.15, -0.1) is 0 Å². The van der Waals surface area contributed by atoms with Crippen LogP contribution in [0.2, 0.25) is 0 Å². The lowest BCUT2D eigenvalue weighted by atomic mass is 9.93. The Morgan fingerprint density at radius 1 is 1.03 bits per heavy atom. The Morgan fingerprint density at radius 3 is 2.43 bits per heavy atom. The first kappa shape index (κ1) is 20.2. The van der Waals surface area contributed by atoms with Crippen LogP contribution in [0, 0.1) is 13.8 Å². The van der Waals surface area contributed by atoms with Crippen LogP contribution in [0.25, 0.3) is 5.76 Å². The number of hydrogen-bond donors (Lipinski definition) is 1. The molecule has 2 aromatic carbocycles. The molecule has 2 aromatic rings. The molecule has 0 bridgehead atoms. The Kier molecular flexibility index (Phi) is 5.37. The number of methoxy groups -OCH3 is 1. The molecule has 1 heterocycles. The number of benzene rings is 2. The number of ketones is 1. The van der Waals surface area contributed by atoms with Gasteiger partial charge in [0.25, 0.3) is 11.7 Å². The van der Waals surface area contributed by atoms with Crippen LogP contribution in [0.15, 0.2) is 48.0 Å². The van der Waals surface area contributed by atoms with E-state index in [9.17, 15) is 14.7 Å². The van der Waals surface area contributed by atoms with Crippen LogP contribution in [0.5, 0.6) is 5.75 Å². The third-order valence-corrected chi connectivity index (χ3v) is 6.39. The van der Waals surface area contributed by atoms with Crippen molar-refractivity contribution >= 4 is 17.4 Å². The minimum absolute atomic E-state index is 0.00250. The summed E-state index contributed by atoms with van der Waals surface area (Å²) in [5, 5.41) is 11.2. The molecule has 5 nitrogen and oxygen atoms in total. The highest BCUT2D eigenvalue weighted by atomic mass is 16.5. The number of carbonyl (C=O) groups excluding carboxylic acids is 2. The molecule has 2 aliphatic rings. The normalized spacial score (nSPS) is 21.4. The fourth-order valence-electron chi connectivity index (χ4n) is 4.59. The number of aliphatic hydroxyl groups excluding tert-OH is 1. The van der Waals surface area contributed by atoms with E-state index >= 15 is 0 Å². The summed E-state index contributed by atoms with van der Waals surface area (Å²) in [6.07, 6.45) is 3.82. The molecule has 5 heteroatoms. The van der Waals surface area contributed by atoms with Gasteiger partial charge in [0.2, 0.25) is 0 Å². The van der Waals surface area contributed by atoms with Gasteiger partial charge in [-0.05, 0) is 61.6 Å². The van der Waals surface area contributed by atoms with Crippen LogP contribution in [-0.2, 0) is 9.59 Å². The average molecular weight is 405 g/mol. The highest BCUT2D eigenvalue weighted by molar-refractivity contribution is 6.46. The van der Waals surface area contributed by atoms with Crippen molar-refractivity contribution in [3.05, 3.63) is 70.3 Å². The Bertz CT molecular complexity index is 1030. The Balaban J connectivity index is 1.90. The number of nitrogens with zero attached hydrogens (tertiary/aromatic N) is 1. The maximum atomic E-state index is 13.1. The second kappa shape index (κ2) is 7.98. The van der Waals surface area contributed by atoms with E-state index in [4.69, 9.17) is 4.74 Å². The third-order valence-electron chi connectivity index (χ3n) is 6.39. The predicted molar refractivity (Wildman–Crippen MR) is 115 cm³/mol.